The third-order valence-electron chi connectivity index (χ3n) is 3.32. The van der Waals surface area contributed by atoms with Crippen molar-refractivity contribution in [3.63, 3.8) is 0 Å². The Bertz CT molecular complexity index is 492. The van der Waals surface area contributed by atoms with Crippen LogP contribution in [0.3, 0.4) is 0 Å². The Morgan fingerprint density at radius 1 is 1.56 bits per heavy atom. The quantitative estimate of drug-likeness (QED) is 0.845. The van der Waals surface area contributed by atoms with E-state index in [1.54, 1.807) is 30.2 Å². The molecular weight excluding hydrogens is 300 g/mol. The first kappa shape index (κ1) is 13.0. The van der Waals surface area contributed by atoms with E-state index in [1.165, 1.54) is 0 Å². The van der Waals surface area contributed by atoms with Gasteiger partial charge in [0.15, 0.2) is 0 Å². The molecule has 1 N–H and O–H groups in total. The lowest BCUT2D eigenvalue weighted by Gasteiger charge is -2.23. The van der Waals surface area contributed by atoms with Crippen LogP contribution < -0.4 is 0 Å². The summed E-state index contributed by atoms with van der Waals surface area (Å²) in [5, 5.41) is 9.05. The molecule has 2 unspecified atom stereocenters. The summed E-state index contributed by atoms with van der Waals surface area (Å²) in [4.78, 5) is 28.9. The molecule has 5 nitrogen and oxygen atoms in total. The number of carbonyl (C=O) groups excluding carboxylic acids is 1. The van der Waals surface area contributed by atoms with Gasteiger partial charge in [-0.1, -0.05) is 0 Å². The van der Waals surface area contributed by atoms with Crippen molar-refractivity contribution in [3.8, 4) is 0 Å². The van der Waals surface area contributed by atoms with Crippen molar-refractivity contribution < 1.29 is 14.7 Å². The average Bonchev–Trinajstić information content (AvgIpc) is 2.71. The zero-order valence-electron chi connectivity index (χ0n) is 9.84. The van der Waals surface area contributed by atoms with E-state index in [1.807, 2.05) is 0 Å². The molecule has 2 rings (SSSR count). The van der Waals surface area contributed by atoms with Gasteiger partial charge in [0.25, 0.3) is 5.91 Å². The molecule has 0 aromatic carbocycles. The molecule has 0 spiro atoms. The zero-order valence-corrected chi connectivity index (χ0v) is 11.4. The predicted molar refractivity (Wildman–Crippen MR) is 68.2 cm³/mol. The largest absolute Gasteiger partial charge is 0.481 e. The molecule has 0 aliphatic carbocycles. The van der Waals surface area contributed by atoms with Crippen molar-refractivity contribution >= 4 is 27.8 Å². The smallest absolute Gasteiger partial charge is 0.308 e. The first-order chi connectivity index (χ1) is 8.52. The van der Waals surface area contributed by atoms with Gasteiger partial charge in [-0.15, -0.1) is 0 Å². The molecular formula is C12H13BrN2O3. The van der Waals surface area contributed by atoms with E-state index in [4.69, 9.17) is 5.11 Å². The third-order valence-corrected chi connectivity index (χ3v) is 3.95. The number of hydrogen-bond donors (Lipinski definition) is 1. The summed E-state index contributed by atoms with van der Waals surface area (Å²) < 4.78 is 0.487. The Labute approximate surface area is 113 Å². The molecule has 2 atom stereocenters. The molecule has 0 radical (unpaired) electrons. The number of amides is 1. The van der Waals surface area contributed by atoms with Crippen molar-refractivity contribution in [3.05, 3.63) is 28.5 Å². The molecule has 1 aromatic heterocycles. The summed E-state index contributed by atoms with van der Waals surface area (Å²) in [6, 6.07) is 3.08. The maximum absolute atomic E-state index is 12.3. The lowest BCUT2D eigenvalue weighted by Crippen LogP contribution is -2.37. The van der Waals surface area contributed by atoms with Gasteiger partial charge in [-0.05, 0) is 41.4 Å². The van der Waals surface area contributed by atoms with Gasteiger partial charge in [0.05, 0.1) is 11.5 Å². The summed E-state index contributed by atoms with van der Waals surface area (Å²) in [5.41, 5.74) is 0.468. The number of aromatic nitrogens is 1. The minimum Gasteiger partial charge on any atom is -0.481 e. The fourth-order valence-electron chi connectivity index (χ4n) is 2.26. The first-order valence-electron chi connectivity index (χ1n) is 5.66. The van der Waals surface area contributed by atoms with E-state index in [0.717, 1.165) is 0 Å². The van der Waals surface area contributed by atoms with Gasteiger partial charge in [0.2, 0.25) is 0 Å². The lowest BCUT2D eigenvalue weighted by atomic mass is 10.0. The number of carboxylic acid groups (broad SMARTS) is 1. The van der Waals surface area contributed by atoms with Gasteiger partial charge in [-0.2, -0.15) is 0 Å². The SMILES string of the molecule is CC1C(C(=O)O)CCN1C(=O)c1cccnc1Br. The topological polar surface area (TPSA) is 70.5 Å². The Kier molecular flexibility index (Phi) is 3.65. The van der Waals surface area contributed by atoms with Gasteiger partial charge >= 0.3 is 5.97 Å². The van der Waals surface area contributed by atoms with Crippen molar-refractivity contribution in [2.75, 3.05) is 6.54 Å². The molecule has 1 aliphatic heterocycles. The number of carboxylic acids is 1. The van der Waals surface area contributed by atoms with Crippen LogP contribution in [-0.4, -0.2) is 39.5 Å². The molecule has 1 aromatic rings. The van der Waals surface area contributed by atoms with Crippen LogP contribution in [0.5, 0.6) is 0 Å². The minimum absolute atomic E-state index is 0.175. The number of pyridine rings is 1. The predicted octanol–water partition coefficient (Wildman–Crippen LogP) is 1.78. The zero-order chi connectivity index (χ0) is 13.3. The summed E-state index contributed by atoms with van der Waals surface area (Å²) >= 11 is 3.23. The van der Waals surface area contributed by atoms with E-state index in [0.29, 0.717) is 23.1 Å². The number of carbonyl (C=O) groups is 2. The van der Waals surface area contributed by atoms with Crippen LogP contribution in [0.2, 0.25) is 0 Å². The number of likely N-dealkylation sites (tertiary alicyclic amines) is 1. The molecule has 0 saturated carbocycles. The normalized spacial score (nSPS) is 23.1. The van der Waals surface area contributed by atoms with Crippen LogP contribution in [0.15, 0.2) is 22.9 Å². The second-order valence-corrected chi connectivity index (χ2v) is 5.07. The summed E-state index contributed by atoms with van der Waals surface area (Å²) in [6.45, 7) is 2.24. The molecule has 18 heavy (non-hydrogen) atoms. The number of halogens is 1. The number of hydrogen-bond acceptors (Lipinski definition) is 3. The summed E-state index contributed by atoms with van der Waals surface area (Å²) in [6.07, 6.45) is 2.09. The van der Waals surface area contributed by atoms with Crippen LogP contribution in [0.25, 0.3) is 0 Å². The van der Waals surface area contributed by atoms with E-state index in [2.05, 4.69) is 20.9 Å². The van der Waals surface area contributed by atoms with Gasteiger partial charge < -0.3 is 10.0 Å². The number of rotatable bonds is 2. The Hall–Kier alpha value is -1.43. The van der Waals surface area contributed by atoms with Gasteiger partial charge in [0, 0.05) is 18.8 Å². The van der Waals surface area contributed by atoms with Gasteiger partial charge in [0.1, 0.15) is 4.60 Å². The van der Waals surface area contributed by atoms with Crippen molar-refractivity contribution in [1.82, 2.24) is 9.88 Å². The monoisotopic (exact) mass is 312 g/mol. The van der Waals surface area contributed by atoms with Crippen molar-refractivity contribution in [2.24, 2.45) is 5.92 Å². The highest BCUT2D eigenvalue weighted by molar-refractivity contribution is 9.10. The second-order valence-electron chi connectivity index (χ2n) is 4.31. The van der Waals surface area contributed by atoms with Crippen LogP contribution in [0.4, 0.5) is 0 Å². The molecule has 96 valence electrons. The fourth-order valence-corrected chi connectivity index (χ4v) is 2.68. The lowest BCUT2D eigenvalue weighted by molar-refractivity contribution is -0.142. The summed E-state index contributed by atoms with van der Waals surface area (Å²) in [7, 11) is 0. The van der Waals surface area contributed by atoms with Gasteiger partial charge in [-0.25, -0.2) is 4.98 Å². The maximum Gasteiger partial charge on any atom is 0.308 e. The Balaban J connectivity index is 2.21. The van der Waals surface area contributed by atoms with Crippen LogP contribution in [-0.2, 0) is 4.79 Å². The standard InChI is InChI=1S/C12H13BrN2O3/c1-7-8(12(17)18)4-6-15(7)11(16)9-3-2-5-14-10(9)13/h2-3,5,7-8H,4,6H2,1H3,(H,17,18). The van der Waals surface area contributed by atoms with E-state index in [-0.39, 0.29) is 11.9 Å². The Morgan fingerprint density at radius 2 is 2.28 bits per heavy atom. The van der Waals surface area contributed by atoms with Crippen molar-refractivity contribution in [1.29, 1.82) is 0 Å². The number of aliphatic carboxylic acids is 1. The Morgan fingerprint density at radius 3 is 2.83 bits per heavy atom. The van der Waals surface area contributed by atoms with E-state index >= 15 is 0 Å². The second kappa shape index (κ2) is 5.06. The molecule has 1 saturated heterocycles. The van der Waals surface area contributed by atoms with Crippen molar-refractivity contribution in [2.45, 2.75) is 19.4 Å². The number of nitrogens with zero attached hydrogens (tertiary/aromatic N) is 2. The molecule has 1 amide bonds. The molecule has 6 heteroatoms. The van der Waals surface area contributed by atoms with Crippen LogP contribution >= 0.6 is 15.9 Å². The van der Waals surface area contributed by atoms with E-state index in [9.17, 15) is 9.59 Å². The highest BCUT2D eigenvalue weighted by Crippen LogP contribution is 2.27. The first-order valence-corrected chi connectivity index (χ1v) is 6.46. The van der Waals surface area contributed by atoms with Crippen LogP contribution in [0, 0.1) is 5.92 Å². The average molecular weight is 313 g/mol. The maximum atomic E-state index is 12.3. The van der Waals surface area contributed by atoms with E-state index < -0.39 is 11.9 Å². The third kappa shape index (κ3) is 2.25. The fraction of sp³-hybridized carbons (Fsp3) is 0.417. The minimum atomic E-state index is -0.844. The molecule has 1 aliphatic rings. The van der Waals surface area contributed by atoms with Gasteiger partial charge in [-0.3, -0.25) is 9.59 Å². The molecule has 2 heterocycles. The highest BCUT2D eigenvalue weighted by Gasteiger charge is 2.38. The van der Waals surface area contributed by atoms with Crippen LogP contribution in [0.1, 0.15) is 23.7 Å². The molecule has 0 bridgehead atoms. The highest BCUT2D eigenvalue weighted by atomic mass is 79.9. The summed E-state index contributed by atoms with van der Waals surface area (Å²) in [5.74, 6) is -1.50. The molecule has 1 fully saturated rings.